The number of hydrogen-bond donors (Lipinski definition) is 0. The Kier molecular flexibility index (Phi) is 5.05. The lowest BCUT2D eigenvalue weighted by atomic mass is 9.95. The van der Waals surface area contributed by atoms with E-state index in [0.717, 1.165) is 38.3 Å². The molecule has 1 amide bonds. The third-order valence-electron chi connectivity index (χ3n) is 5.33. The Morgan fingerprint density at radius 1 is 1.11 bits per heavy atom. The van der Waals surface area contributed by atoms with Gasteiger partial charge in [-0.3, -0.25) is 9.48 Å². The van der Waals surface area contributed by atoms with Crippen LogP contribution in [-0.4, -0.2) is 43.2 Å². The lowest BCUT2D eigenvalue weighted by Crippen LogP contribution is -2.39. The fourth-order valence-corrected chi connectivity index (χ4v) is 3.86. The van der Waals surface area contributed by atoms with Crippen LogP contribution in [0.25, 0.3) is 0 Å². The molecule has 0 spiro atoms. The van der Waals surface area contributed by atoms with Crippen molar-refractivity contribution in [2.45, 2.75) is 38.8 Å². The lowest BCUT2D eigenvalue weighted by molar-refractivity contribution is 0.0698. The van der Waals surface area contributed by atoms with Gasteiger partial charge in [0.05, 0.1) is 0 Å². The number of likely N-dealkylation sites (tertiary alicyclic amines) is 1. The second kappa shape index (κ2) is 7.78. The smallest absolute Gasteiger partial charge is 0.272 e. The van der Waals surface area contributed by atoms with Crippen molar-refractivity contribution < 1.29 is 4.79 Å². The largest absolute Gasteiger partial charge is 0.337 e. The number of hydrogen-bond acceptors (Lipinski definition) is 3. The fourth-order valence-electron chi connectivity index (χ4n) is 3.86. The van der Waals surface area contributed by atoms with Crippen molar-refractivity contribution in [2.24, 2.45) is 0 Å². The Hall–Kier alpha value is -2.89. The van der Waals surface area contributed by atoms with E-state index in [1.165, 1.54) is 5.56 Å². The van der Waals surface area contributed by atoms with E-state index in [4.69, 9.17) is 0 Å². The molecule has 0 radical (unpaired) electrons. The number of piperidine rings is 1. The summed E-state index contributed by atoms with van der Waals surface area (Å²) in [7, 11) is 0. The first-order valence-corrected chi connectivity index (χ1v) is 9.62. The number of aromatic nitrogens is 4. The van der Waals surface area contributed by atoms with Crippen LogP contribution in [0.3, 0.4) is 0 Å². The zero-order valence-electron chi connectivity index (χ0n) is 15.7. The SMILES string of the molecule is CCn1nccc1C(=O)N1CCC(c2nccn2Cc2ccccc2)CC1. The van der Waals surface area contributed by atoms with E-state index in [0.29, 0.717) is 18.2 Å². The Morgan fingerprint density at radius 3 is 2.63 bits per heavy atom. The van der Waals surface area contributed by atoms with Gasteiger partial charge in [-0.15, -0.1) is 0 Å². The Morgan fingerprint density at radius 2 is 1.89 bits per heavy atom. The van der Waals surface area contributed by atoms with E-state index in [2.05, 4.69) is 45.1 Å². The Labute approximate surface area is 159 Å². The number of aryl methyl sites for hydroxylation is 1. The van der Waals surface area contributed by atoms with Crippen molar-refractivity contribution in [1.82, 2.24) is 24.2 Å². The molecule has 1 aliphatic heterocycles. The molecule has 0 unspecified atom stereocenters. The van der Waals surface area contributed by atoms with Crippen LogP contribution in [0.2, 0.25) is 0 Å². The van der Waals surface area contributed by atoms with Gasteiger partial charge in [-0.05, 0) is 31.4 Å². The molecule has 0 bridgehead atoms. The number of rotatable bonds is 5. The maximum Gasteiger partial charge on any atom is 0.272 e. The first-order chi connectivity index (χ1) is 13.3. The van der Waals surface area contributed by atoms with Gasteiger partial charge in [0, 0.05) is 50.7 Å². The highest BCUT2D eigenvalue weighted by molar-refractivity contribution is 5.92. The van der Waals surface area contributed by atoms with Crippen LogP contribution in [0.4, 0.5) is 0 Å². The van der Waals surface area contributed by atoms with Gasteiger partial charge in [0.15, 0.2) is 0 Å². The van der Waals surface area contributed by atoms with E-state index in [1.54, 1.807) is 10.9 Å². The van der Waals surface area contributed by atoms with Crippen LogP contribution in [0, 0.1) is 0 Å². The highest BCUT2D eigenvalue weighted by Crippen LogP contribution is 2.28. The van der Waals surface area contributed by atoms with Gasteiger partial charge in [0.1, 0.15) is 11.5 Å². The minimum Gasteiger partial charge on any atom is -0.337 e. The van der Waals surface area contributed by atoms with Crippen LogP contribution >= 0.6 is 0 Å². The van der Waals surface area contributed by atoms with Gasteiger partial charge in [0.25, 0.3) is 5.91 Å². The summed E-state index contributed by atoms with van der Waals surface area (Å²) in [6.45, 7) is 5.07. The third-order valence-corrected chi connectivity index (χ3v) is 5.33. The van der Waals surface area contributed by atoms with Crippen LogP contribution in [0.1, 0.15) is 47.6 Å². The third kappa shape index (κ3) is 3.65. The summed E-state index contributed by atoms with van der Waals surface area (Å²) < 4.78 is 4.00. The second-order valence-electron chi connectivity index (χ2n) is 7.00. The summed E-state index contributed by atoms with van der Waals surface area (Å²) >= 11 is 0. The number of carbonyl (C=O) groups excluding carboxylic acids is 1. The number of benzene rings is 1. The molecule has 140 valence electrons. The molecule has 4 rings (SSSR count). The van der Waals surface area contributed by atoms with Gasteiger partial charge in [-0.1, -0.05) is 30.3 Å². The molecule has 2 aromatic heterocycles. The van der Waals surface area contributed by atoms with E-state index >= 15 is 0 Å². The topological polar surface area (TPSA) is 56.0 Å². The van der Waals surface area contributed by atoms with Crippen molar-refractivity contribution in [3.05, 3.63) is 72.1 Å². The molecule has 0 aliphatic carbocycles. The summed E-state index contributed by atoms with van der Waals surface area (Å²) in [5, 5.41) is 4.21. The Balaban J connectivity index is 1.41. The standard InChI is InChI=1S/C21H25N5O/c1-2-26-19(8-11-23-26)21(27)24-13-9-18(10-14-24)20-22-12-15-25(20)16-17-6-4-3-5-7-17/h3-8,11-12,15,18H,2,9-10,13-14,16H2,1H3. The predicted octanol–water partition coefficient (Wildman–Crippen LogP) is 3.17. The van der Waals surface area contributed by atoms with Gasteiger partial charge < -0.3 is 9.47 Å². The highest BCUT2D eigenvalue weighted by atomic mass is 16.2. The summed E-state index contributed by atoms with van der Waals surface area (Å²) in [6, 6.07) is 12.3. The van der Waals surface area contributed by atoms with Crippen molar-refractivity contribution in [3.8, 4) is 0 Å². The van der Waals surface area contributed by atoms with Gasteiger partial charge in [0.2, 0.25) is 0 Å². The highest BCUT2D eigenvalue weighted by Gasteiger charge is 2.28. The molecule has 0 N–H and O–H groups in total. The minimum absolute atomic E-state index is 0.0837. The maximum absolute atomic E-state index is 12.8. The number of imidazole rings is 1. The fraction of sp³-hybridized carbons (Fsp3) is 0.381. The molecule has 6 heteroatoms. The van der Waals surface area contributed by atoms with Crippen LogP contribution in [0.15, 0.2) is 55.0 Å². The zero-order chi connectivity index (χ0) is 18.6. The molecule has 3 aromatic rings. The van der Waals surface area contributed by atoms with Crippen molar-refractivity contribution in [3.63, 3.8) is 0 Å². The van der Waals surface area contributed by atoms with Crippen molar-refractivity contribution in [1.29, 1.82) is 0 Å². The molecule has 1 aliphatic rings. The normalized spacial score (nSPS) is 15.2. The van der Waals surface area contributed by atoms with E-state index in [-0.39, 0.29) is 5.91 Å². The molecule has 0 atom stereocenters. The zero-order valence-corrected chi connectivity index (χ0v) is 15.7. The molecule has 27 heavy (non-hydrogen) atoms. The average Bonchev–Trinajstić information content (AvgIpc) is 3.37. The molecular formula is C21H25N5O. The first-order valence-electron chi connectivity index (χ1n) is 9.62. The summed E-state index contributed by atoms with van der Waals surface area (Å²) in [5.74, 6) is 1.61. The van der Waals surface area contributed by atoms with Crippen LogP contribution < -0.4 is 0 Å². The van der Waals surface area contributed by atoms with Crippen LogP contribution in [0.5, 0.6) is 0 Å². The summed E-state index contributed by atoms with van der Waals surface area (Å²) in [4.78, 5) is 19.4. The molecule has 0 saturated carbocycles. The van der Waals surface area contributed by atoms with Crippen molar-refractivity contribution >= 4 is 5.91 Å². The maximum atomic E-state index is 12.8. The summed E-state index contributed by atoms with van der Waals surface area (Å²) in [6.07, 6.45) is 7.52. The average molecular weight is 363 g/mol. The molecule has 1 fully saturated rings. The number of nitrogens with zero attached hydrogens (tertiary/aromatic N) is 5. The second-order valence-corrected chi connectivity index (χ2v) is 7.00. The van der Waals surface area contributed by atoms with E-state index < -0.39 is 0 Å². The molecule has 1 saturated heterocycles. The van der Waals surface area contributed by atoms with E-state index in [9.17, 15) is 4.79 Å². The lowest BCUT2D eigenvalue weighted by Gasteiger charge is -2.32. The number of amides is 1. The molecular weight excluding hydrogens is 338 g/mol. The van der Waals surface area contributed by atoms with Gasteiger partial charge in [-0.2, -0.15) is 5.10 Å². The van der Waals surface area contributed by atoms with Gasteiger partial charge >= 0.3 is 0 Å². The van der Waals surface area contributed by atoms with Gasteiger partial charge in [-0.25, -0.2) is 4.98 Å². The molecule has 3 heterocycles. The minimum atomic E-state index is 0.0837. The van der Waals surface area contributed by atoms with Crippen molar-refractivity contribution in [2.75, 3.05) is 13.1 Å². The Bertz CT molecular complexity index is 890. The summed E-state index contributed by atoms with van der Waals surface area (Å²) in [5.41, 5.74) is 1.96. The number of carbonyl (C=O) groups is 1. The molecule has 6 nitrogen and oxygen atoms in total. The predicted molar refractivity (Wildman–Crippen MR) is 104 cm³/mol. The quantitative estimate of drug-likeness (QED) is 0.700. The first kappa shape index (κ1) is 17.5. The molecule has 1 aromatic carbocycles. The van der Waals surface area contributed by atoms with E-state index in [1.807, 2.05) is 30.2 Å². The monoisotopic (exact) mass is 363 g/mol. The van der Waals surface area contributed by atoms with Crippen LogP contribution in [-0.2, 0) is 13.1 Å².